The topological polar surface area (TPSA) is 86.1 Å². The Balaban J connectivity index is 1.93. The van der Waals surface area contributed by atoms with Crippen LogP contribution in [0.25, 0.3) is 16.8 Å². The second kappa shape index (κ2) is 4.81. The zero-order valence-corrected chi connectivity index (χ0v) is 12.7. The molecule has 3 N–H and O–H groups in total. The van der Waals surface area contributed by atoms with Gasteiger partial charge in [0.1, 0.15) is 5.82 Å². The van der Waals surface area contributed by atoms with E-state index in [-0.39, 0.29) is 0 Å². The molecular formula is C15H19N7. The molecule has 0 bridgehead atoms. The van der Waals surface area contributed by atoms with Crippen LogP contribution in [0.15, 0.2) is 18.6 Å². The van der Waals surface area contributed by atoms with Crippen molar-refractivity contribution in [1.82, 2.24) is 29.7 Å². The molecule has 0 aliphatic carbocycles. The third kappa shape index (κ3) is 1.89. The first-order valence-electron chi connectivity index (χ1n) is 7.48. The first kappa shape index (κ1) is 13.3. The van der Waals surface area contributed by atoms with Gasteiger partial charge in [-0.15, -0.1) is 0 Å². The van der Waals surface area contributed by atoms with Gasteiger partial charge in [-0.3, -0.25) is 4.68 Å². The lowest BCUT2D eigenvalue weighted by Crippen LogP contribution is -2.13. The van der Waals surface area contributed by atoms with Crippen LogP contribution in [0.3, 0.4) is 0 Å². The number of anilines is 1. The molecule has 0 saturated carbocycles. The Bertz CT molecular complexity index is 839. The van der Waals surface area contributed by atoms with Gasteiger partial charge in [0.25, 0.3) is 0 Å². The molecule has 1 saturated heterocycles. The van der Waals surface area contributed by atoms with Gasteiger partial charge in [0.15, 0.2) is 5.65 Å². The summed E-state index contributed by atoms with van der Waals surface area (Å²) in [4.78, 5) is 4.91. The molecule has 1 fully saturated rings. The SMILES string of the molecule is Cc1c(C2CCNC2)nc2c(-c3cnn(C)c3)cnn2c1N. The molecule has 1 unspecified atom stereocenters. The van der Waals surface area contributed by atoms with E-state index in [1.54, 1.807) is 9.20 Å². The fourth-order valence-electron chi connectivity index (χ4n) is 3.16. The second-order valence-electron chi connectivity index (χ2n) is 5.89. The van der Waals surface area contributed by atoms with Gasteiger partial charge in [0, 0.05) is 42.4 Å². The molecule has 1 atom stereocenters. The molecule has 1 aliphatic heterocycles. The highest BCUT2D eigenvalue weighted by atomic mass is 15.3. The summed E-state index contributed by atoms with van der Waals surface area (Å²) in [5, 5.41) is 12.0. The smallest absolute Gasteiger partial charge is 0.165 e. The second-order valence-corrected chi connectivity index (χ2v) is 5.89. The lowest BCUT2D eigenvalue weighted by atomic mass is 10.00. The van der Waals surface area contributed by atoms with Gasteiger partial charge in [-0.1, -0.05) is 0 Å². The van der Waals surface area contributed by atoms with E-state index in [2.05, 4.69) is 15.5 Å². The van der Waals surface area contributed by atoms with Gasteiger partial charge in [-0.2, -0.15) is 14.7 Å². The number of nitrogens with zero attached hydrogens (tertiary/aromatic N) is 5. The minimum Gasteiger partial charge on any atom is -0.383 e. The molecule has 4 rings (SSSR count). The van der Waals surface area contributed by atoms with E-state index in [0.717, 1.165) is 47.5 Å². The largest absolute Gasteiger partial charge is 0.383 e. The van der Waals surface area contributed by atoms with Crippen molar-refractivity contribution in [2.24, 2.45) is 7.05 Å². The fraction of sp³-hybridized carbons (Fsp3) is 0.400. The zero-order chi connectivity index (χ0) is 15.3. The normalized spacial score (nSPS) is 18.4. The monoisotopic (exact) mass is 297 g/mol. The van der Waals surface area contributed by atoms with E-state index in [1.165, 1.54) is 0 Å². The Hall–Kier alpha value is -2.41. The molecule has 7 heteroatoms. The highest BCUT2D eigenvalue weighted by molar-refractivity contribution is 5.77. The maximum Gasteiger partial charge on any atom is 0.165 e. The Morgan fingerprint density at radius 2 is 2.18 bits per heavy atom. The third-order valence-corrected chi connectivity index (χ3v) is 4.43. The van der Waals surface area contributed by atoms with Crippen LogP contribution in [0, 0.1) is 6.92 Å². The molecule has 0 amide bonds. The molecule has 4 heterocycles. The minimum absolute atomic E-state index is 0.420. The Morgan fingerprint density at radius 3 is 2.86 bits per heavy atom. The Kier molecular flexibility index (Phi) is 2.90. The van der Waals surface area contributed by atoms with Crippen molar-refractivity contribution in [3.05, 3.63) is 29.8 Å². The van der Waals surface area contributed by atoms with Crippen molar-refractivity contribution >= 4 is 11.5 Å². The number of fused-ring (bicyclic) bond motifs is 1. The summed E-state index contributed by atoms with van der Waals surface area (Å²) < 4.78 is 3.50. The molecule has 1 aliphatic rings. The first-order valence-corrected chi connectivity index (χ1v) is 7.48. The fourth-order valence-corrected chi connectivity index (χ4v) is 3.16. The van der Waals surface area contributed by atoms with Crippen LogP contribution in [0.5, 0.6) is 0 Å². The summed E-state index contributed by atoms with van der Waals surface area (Å²) in [6.07, 6.45) is 6.70. The highest BCUT2D eigenvalue weighted by Crippen LogP contribution is 2.31. The van der Waals surface area contributed by atoms with Crippen molar-refractivity contribution in [1.29, 1.82) is 0 Å². The maximum atomic E-state index is 6.30. The van der Waals surface area contributed by atoms with Crippen molar-refractivity contribution in [2.45, 2.75) is 19.3 Å². The zero-order valence-electron chi connectivity index (χ0n) is 12.7. The Morgan fingerprint density at radius 1 is 1.32 bits per heavy atom. The van der Waals surface area contributed by atoms with E-state index in [0.29, 0.717) is 11.7 Å². The van der Waals surface area contributed by atoms with Gasteiger partial charge in [0.2, 0.25) is 0 Å². The van der Waals surface area contributed by atoms with Crippen LogP contribution in [0.4, 0.5) is 5.82 Å². The number of aromatic nitrogens is 5. The molecule has 3 aromatic rings. The molecule has 3 aromatic heterocycles. The summed E-state index contributed by atoms with van der Waals surface area (Å²) >= 11 is 0. The van der Waals surface area contributed by atoms with E-state index in [1.807, 2.05) is 32.6 Å². The average Bonchev–Trinajstić information content (AvgIpc) is 3.22. The van der Waals surface area contributed by atoms with E-state index in [9.17, 15) is 0 Å². The summed E-state index contributed by atoms with van der Waals surface area (Å²) in [6.45, 7) is 4.02. The van der Waals surface area contributed by atoms with Crippen molar-refractivity contribution in [2.75, 3.05) is 18.8 Å². The maximum absolute atomic E-state index is 6.30. The number of nitrogen functional groups attached to an aromatic ring is 1. The minimum atomic E-state index is 0.420. The number of hydrogen-bond donors (Lipinski definition) is 2. The molecule has 22 heavy (non-hydrogen) atoms. The van der Waals surface area contributed by atoms with Crippen LogP contribution in [-0.4, -0.2) is 37.5 Å². The average molecular weight is 297 g/mol. The van der Waals surface area contributed by atoms with Crippen molar-refractivity contribution < 1.29 is 0 Å². The van der Waals surface area contributed by atoms with Gasteiger partial charge < -0.3 is 11.1 Å². The van der Waals surface area contributed by atoms with E-state index in [4.69, 9.17) is 10.7 Å². The lowest BCUT2D eigenvalue weighted by Gasteiger charge is -2.14. The number of hydrogen-bond acceptors (Lipinski definition) is 5. The first-order chi connectivity index (χ1) is 10.6. The molecule has 7 nitrogen and oxygen atoms in total. The van der Waals surface area contributed by atoms with E-state index >= 15 is 0 Å². The van der Waals surface area contributed by atoms with Crippen molar-refractivity contribution in [3.63, 3.8) is 0 Å². The molecule has 0 aromatic carbocycles. The summed E-state index contributed by atoms with van der Waals surface area (Å²) in [5.74, 6) is 1.09. The van der Waals surface area contributed by atoms with Crippen LogP contribution in [0.2, 0.25) is 0 Å². The number of rotatable bonds is 2. The lowest BCUT2D eigenvalue weighted by molar-refractivity contribution is 0.724. The van der Waals surface area contributed by atoms with Crippen LogP contribution in [-0.2, 0) is 7.05 Å². The van der Waals surface area contributed by atoms with Crippen molar-refractivity contribution in [3.8, 4) is 11.1 Å². The quantitative estimate of drug-likeness (QED) is 0.739. The molecule has 114 valence electrons. The highest BCUT2D eigenvalue weighted by Gasteiger charge is 2.24. The van der Waals surface area contributed by atoms with Gasteiger partial charge in [-0.25, -0.2) is 4.98 Å². The standard InChI is InChI=1S/C15H19N7/c1-9-13(10-3-4-17-5-10)20-15-12(7-19-22(15)14(9)16)11-6-18-21(2)8-11/h6-8,10,17H,3-5,16H2,1-2H3. The number of nitrogens with one attached hydrogen (secondary N) is 1. The predicted molar refractivity (Wildman–Crippen MR) is 84.6 cm³/mol. The van der Waals surface area contributed by atoms with Gasteiger partial charge in [0.05, 0.1) is 18.1 Å². The van der Waals surface area contributed by atoms with Crippen LogP contribution >= 0.6 is 0 Å². The number of nitrogens with two attached hydrogens (primary N) is 1. The summed E-state index contributed by atoms with van der Waals surface area (Å²) in [5.41, 5.74) is 11.2. The Labute approximate surface area is 128 Å². The van der Waals surface area contributed by atoms with Gasteiger partial charge in [-0.05, 0) is 19.9 Å². The predicted octanol–water partition coefficient (Wildman–Crippen LogP) is 1.10. The summed E-state index contributed by atoms with van der Waals surface area (Å²) in [7, 11) is 1.90. The van der Waals surface area contributed by atoms with Crippen LogP contribution in [0.1, 0.15) is 23.6 Å². The van der Waals surface area contributed by atoms with E-state index < -0.39 is 0 Å². The summed E-state index contributed by atoms with van der Waals surface area (Å²) in [6, 6.07) is 0. The number of aryl methyl sites for hydroxylation is 1. The molecule has 0 spiro atoms. The third-order valence-electron chi connectivity index (χ3n) is 4.43. The van der Waals surface area contributed by atoms with Gasteiger partial charge >= 0.3 is 0 Å². The molecular weight excluding hydrogens is 278 g/mol. The van der Waals surface area contributed by atoms with Crippen LogP contribution < -0.4 is 11.1 Å². The molecule has 0 radical (unpaired) electrons.